The number of nitrogens with zero attached hydrogens (tertiary/aromatic N) is 2. The maximum absolute atomic E-state index is 12.7. The van der Waals surface area contributed by atoms with E-state index in [1.807, 2.05) is 24.5 Å². The lowest BCUT2D eigenvalue weighted by atomic mass is 9.91. The molecule has 1 saturated heterocycles. The number of allylic oxidation sites excluding steroid dienone is 2. The molecule has 25 heavy (non-hydrogen) atoms. The Hall–Kier alpha value is -2.66. The fourth-order valence-corrected chi connectivity index (χ4v) is 3.82. The van der Waals surface area contributed by atoms with Gasteiger partial charge in [-0.1, -0.05) is 18.2 Å². The molecule has 0 spiro atoms. The normalized spacial score (nSPS) is 22.6. The first-order chi connectivity index (χ1) is 12.3. The summed E-state index contributed by atoms with van der Waals surface area (Å²) in [5.74, 6) is 0.524. The molecule has 0 radical (unpaired) electrons. The van der Waals surface area contributed by atoms with E-state index in [1.54, 1.807) is 10.5 Å². The third-order valence-electron chi connectivity index (χ3n) is 5.37. The molecule has 1 unspecified atom stereocenters. The van der Waals surface area contributed by atoms with E-state index < -0.39 is 0 Å². The van der Waals surface area contributed by atoms with Crippen LogP contribution in [0.3, 0.4) is 0 Å². The molecule has 0 saturated carbocycles. The van der Waals surface area contributed by atoms with Gasteiger partial charge in [0, 0.05) is 24.0 Å². The molecule has 2 aliphatic heterocycles. The molecule has 3 aliphatic rings. The summed E-state index contributed by atoms with van der Waals surface area (Å²) < 4.78 is 1.68. The fraction of sp³-hybridized carbons (Fsp3) is 0.300. The highest BCUT2D eigenvalue weighted by molar-refractivity contribution is 5.78. The van der Waals surface area contributed by atoms with E-state index in [4.69, 9.17) is 4.98 Å². The van der Waals surface area contributed by atoms with Crippen LogP contribution in [-0.2, 0) is 0 Å². The standard InChI is InChI=1S/C20H20N4O/c25-20-10-18(14-1-3-17-16(9-14)11-22-17)23-19-4-2-15(12-24(19)20)13-5-7-21-8-6-13/h1-4,9-13,17,21-22H,5-8H2. The highest BCUT2D eigenvalue weighted by atomic mass is 16.1. The summed E-state index contributed by atoms with van der Waals surface area (Å²) in [5.41, 5.74) is 4.88. The van der Waals surface area contributed by atoms with E-state index in [2.05, 4.69) is 28.9 Å². The zero-order valence-corrected chi connectivity index (χ0v) is 13.9. The maximum Gasteiger partial charge on any atom is 0.258 e. The summed E-state index contributed by atoms with van der Waals surface area (Å²) >= 11 is 0. The zero-order valence-electron chi connectivity index (χ0n) is 13.9. The van der Waals surface area contributed by atoms with Gasteiger partial charge in [0.25, 0.3) is 5.56 Å². The van der Waals surface area contributed by atoms with Gasteiger partial charge in [0.05, 0.1) is 11.7 Å². The lowest BCUT2D eigenvalue weighted by Gasteiger charge is -2.27. The SMILES string of the molecule is O=c1cc(C2=CC3=CNC3C=C2)nc2ccc(C3CCNCC3)cn12. The molecule has 2 aromatic heterocycles. The first-order valence-electron chi connectivity index (χ1n) is 8.88. The van der Waals surface area contributed by atoms with Crippen molar-refractivity contribution in [3.63, 3.8) is 0 Å². The number of hydrogen-bond donors (Lipinski definition) is 2. The van der Waals surface area contributed by atoms with Gasteiger partial charge in [0.2, 0.25) is 0 Å². The number of rotatable bonds is 2. The first kappa shape index (κ1) is 14.7. The third kappa shape index (κ3) is 2.51. The Bertz CT molecular complexity index is 992. The number of fused-ring (bicyclic) bond motifs is 2. The first-order valence-corrected chi connectivity index (χ1v) is 8.88. The van der Waals surface area contributed by atoms with E-state index in [1.165, 1.54) is 11.1 Å². The van der Waals surface area contributed by atoms with Crippen molar-refractivity contribution in [2.75, 3.05) is 13.1 Å². The second-order valence-corrected chi connectivity index (χ2v) is 6.94. The quantitative estimate of drug-likeness (QED) is 0.883. The van der Waals surface area contributed by atoms with Crippen LogP contribution in [0.5, 0.6) is 0 Å². The van der Waals surface area contributed by atoms with Crippen LogP contribution in [0, 0.1) is 0 Å². The number of pyridine rings is 1. The summed E-state index contributed by atoms with van der Waals surface area (Å²) in [4.78, 5) is 17.4. The predicted octanol–water partition coefficient (Wildman–Crippen LogP) is 1.97. The van der Waals surface area contributed by atoms with Gasteiger partial charge in [-0.15, -0.1) is 0 Å². The molecule has 0 bridgehead atoms. The second-order valence-electron chi connectivity index (χ2n) is 6.94. The fourth-order valence-electron chi connectivity index (χ4n) is 3.82. The molecule has 5 heteroatoms. The molecule has 126 valence electrons. The Balaban J connectivity index is 1.55. The van der Waals surface area contributed by atoms with Gasteiger partial charge in [0.1, 0.15) is 5.65 Å². The highest BCUT2D eigenvalue weighted by Gasteiger charge is 2.21. The zero-order chi connectivity index (χ0) is 16.8. The Kier molecular flexibility index (Phi) is 3.35. The largest absolute Gasteiger partial charge is 0.380 e. The van der Waals surface area contributed by atoms with Gasteiger partial charge in [-0.2, -0.15) is 0 Å². The van der Waals surface area contributed by atoms with E-state index >= 15 is 0 Å². The van der Waals surface area contributed by atoms with E-state index in [-0.39, 0.29) is 5.56 Å². The third-order valence-corrected chi connectivity index (χ3v) is 5.37. The molecule has 5 nitrogen and oxygen atoms in total. The van der Waals surface area contributed by atoms with E-state index in [0.717, 1.165) is 37.2 Å². The van der Waals surface area contributed by atoms with Crippen molar-refractivity contribution < 1.29 is 0 Å². The minimum atomic E-state index is -0.0204. The summed E-state index contributed by atoms with van der Waals surface area (Å²) in [6.45, 7) is 2.09. The number of aromatic nitrogens is 2. The summed E-state index contributed by atoms with van der Waals surface area (Å²) in [6.07, 6.45) is 12.5. The van der Waals surface area contributed by atoms with Gasteiger partial charge >= 0.3 is 0 Å². The molecule has 1 atom stereocenters. The molecular formula is C20H20N4O. The van der Waals surface area contributed by atoms with Crippen molar-refractivity contribution in [3.05, 3.63) is 76.0 Å². The lowest BCUT2D eigenvalue weighted by Crippen LogP contribution is -2.34. The monoisotopic (exact) mass is 332 g/mol. The minimum Gasteiger partial charge on any atom is -0.380 e. The lowest BCUT2D eigenvalue weighted by molar-refractivity contribution is 0.459. The molecule has 4 heterocycles. The minimum absolute atomic E-state index is 0.0204. The van der Waals surface area contributed by atoms with E-state index in [9.17, 15) is 4.79 Å². The van der Waals surface area contributed by atoms with Crippen LogP contribution in [0.25, 0.3) is 11.2 Å². The van der Waals surface area contributed by atoms with Crippen molar-refractivity contribution in [3.8, 4) is 0 Å². The predicted molar refractivity (Wildman–Crippen MR) is 98.4 cm³/mol. The molecule has 0 aromatic carbocycles. The van der Waals surface area contributed by atoms with Crippen molar-refractivity contribution in [1.82, 2.24) is 20.0 Å². The van der Waals surface area contributed by atoms with Crippen LogP contribution >= 0.6 is 0 Å². The van der Waals surface area contributed by atoms with Gasteiger partial charge in [-0.3, -0.25) is 9.20 Å². The number of piperidine rings is 1. The van der Waals surface area contributed by atoms with Crippen molar-refractivity contribution in [2.24, 2.45) is 0 Å². The van der Waals surface area contributed by atoms with Gasteiger partial charge in [0.15, 0.2) is 0 Å². The van der Waals surface area contributed by atoms with Crippen LogP contribution in [0.15, 0.2) is 59.2 Å². The molecule has 5 rings (SSSR count). The molecule has 0 amide bonds. The van der Waals surface area contributed by atoms with Crippen LogP contribution < -0.4 is 16.2 Å². The topological polar surface area (TPSA) is 58.4 Å². The Morgan fingerprint density at radius 1 is 1.20 bits per heavy atom. The highest BCUT2D eigenvalue weighted by Crippen LogP contribution is 2.27. The van der Waals surface area contributed by atoms with Gasteiger partial charge in [-0.05, 0) is 55.1 Å². The Morgan fingerprint density at radius 2 is 2.08 bits per heavy atom. The maximum atomic E-state index is 12.7. The summed E-state index contributed by atoms with van der Waals surface area (Å²) in [6, 6.07) is 6.06. The van der Waals surface area contributed by atoms with E-state index in [0.29, 0.717) is 17.6 Å². The summed E-state index contributed by atoms with van der Waals surface area (Å²) in [5, 5.41) is 6.60. The van der Waals surface area contributed by atoms with Crippen LogP contribution in [0.4, 0.5) is 0 Å². The van der Waals surface area contributed by atoms with Crippen molar-refractivity contribution >= 4 is 11.2 Å². The summed E-state index contributed by atoms with van der Waals surface area (Å²) in [7, 11) is 0. The average Bonchev–Trinajstić information content (AvgIpc) is 2.63. The van der Waals surface area contributed by atoms with Gasteiger partial charge < -0.3 is 10.6 Å². The molecule has 2 N–H and O–H groups in total. The molecule has 1 fully saturated rings. The molecular weight excluding hydrogens is 312 g/mol. The Labute approximate surface area is 145 Å². The van der Waals surface area contributed by atoms with Crippen LogP contribution in [0.1, 0.15) is 30.0 Å². The smallest absolute Gasteiger partial charge is 0.258 e. The van der Waals surface area contributed by atoms with Crippen LogP contribution in [-0.4, -0.2) is 28.5 Å². The van der Waals surface area contributed by atoms with Crippen molar-refractivity contribution in [1.29, 1.82) is 0 Å². The second kappa shape index (κ2) is 5.70. The molecule has 2 aromatic rings. The van der Waals surface area contributed by atoms with Gasteiger partial charge in [-0.25, -0.2) is 4.98 Å². The average molecular weight is 332 g/mol. The van der Waals surface area contributed by atoms with Crippen LogP contribution in [0.2, 0.25) is 0 Å². The number of hydrogen-bond acceptors (Lipinski definition) is 4. The number of nitrogens with one attached hydrogen (secondary N) is 2. The molecule has 1 aliphatic carbocycles. The van der Waals surface area contributed by atoms with Crippen molar-refractivity contribution in [2.45, 2.75) is 24.8 Å². The Morgan fingerprint density at radius 3 is 2.84 bits per heavy atom.